The van der Waals surface area contributed by atoms with Crippen LogP contribution in [0.2, 0.25) is 0 Å². The molecule has 0 atom stereocenters. The quantitative estimate of drug-likeness (QED) is 0.852. The molecule has 0 radical (unpaired) electrons. The third-order valence-corrected chi connectivity index (χ3v) is 3.71. The van der Waals surface area contributed by atoms with Gasteiger partial charge in [0.05, 0.1) is 0 Å². The van der Waals surface area contributed by atoms with Gasteiger partial charge in [0.2, 0.25) is 0 Å². The van der Waals surface area contributed by atoms with Gasteiger partial charge in [-0.1, -0.05) is 15.9 Å². The summed E-state index contributed by atoms with van der Waals surface area (Å²) in [7, 11) is 0. The van der Waals surface area contributed by atoms with Gasteiger partial charge in [-0.2, -0.15) is 0 Å². The van der Waals surface area contributed by atoms with E-state index in [2.05, 4.69) is 64.3 Å². The fourth-order valence-electron chi connectivity index (χ4n) is 2.05. The van der Waals surface area contributed by atoms with Crippen molar-refractivity contribution < 1.29 is 0 Å². The maximum Gasteiger partial charge on any atom is 0.0367 e. The van der Waals surface area contributed by atoms with Gasteiger partial charge in [-0.15, -0.1) is 0 Å². The van der Waals surface area contributed by atoms with E-state index in [4.69, 9.17) is 0 Å². The molecule has 1 saturated heterocycles. The molecule has 0 aliphatic carbocycles. The second-order valence-electron chi connectivity index (χ2n) is 5.02. The van der Waals surface area contributed by atoms with E-state index in [1.807, 2.05) is 0 Å². The Balaban J connectivity index is 2.08. The lowest BCUT2D eigenvalue weighted by atomic mass is 10.0. The molecule has 0 aromatic heterocycles. The lowest BCUT2D eigenvalue weighted by Crippen LogP contribution is -2.39. The summed E-state index contributed by atoms with van der Waals surface area (Å²) in [6.45, 7) is 7.83. The van der Waals surface area contributed by atoms with Crippen molar-refractivity contribution in [3.63, 3.8) is 0 Å². The zero-order chi connectivity index (χ0) is 11.6. The third kappa shape index (κ3) is 2.98. The summed E-state index contributed by atoms with van der Waals surface area (Å²) in [6.07, 6.45) is 1.18. The van der Waals surface area contributed by atoms with E-state index in [1.165, 1.54) is 12.1 Å². The highest BCUT2D eigenvalue weighted by Gasteiger charge is 2.22. The van der Waals surface area contributed by atoms with Gasteiger partial charge in [0, 0.05) is 35.3 Å². The zero-order valence-electron chi connectivity index (χ0n) is 9.96. The van der Waals surface area contributed by atoms with Crippen molar-refractivity contribution >= 4 is 21.6 Å². The highest BCUT2D eigenvalue weighted by atomic mass is 79.9. The van der Waals surface area contributed by atoms with Gasteiger partial charge in [-0.05, 0) is 44.5 Å². The Morgan fingerprint density at radius 3 is 2.56 bits per heavy atom. The first kappa shape index (κ1) is 11.9. The van der Waals surface area contributed by atoms with Gasteiger partial charge in [0.1, 0.15) is 0 Å². The fraction of sp³-hybridized carbons (Fsp3) is 0.538. The number of nitrogens with zero attached hydrogens (tertiary/aromatic N) is 1. The molecule has 0 unspecified atom stereocenters. The molecule has 16 heavy (non-hydrogen) atoms. The van der Waals surface area contributed by atoms with Crippen LogP contribution in [0.25, 0.3) is 0 Å². The van der Waals surface area contributed by atoms with Crippen LogP contribution in [0, 0.1) is 0 Å². The number of benzene rings is 1. The summed E-state index contributed by atoms with van der Waals surface area (Å²) in [6, 6.07) is 8.59. The van der Waals surface area contributed by atoms with Crippen LogP contribution in [0.4, 0.5) is 5.69 Å². The van der Waals surface area contributed by atoms with Crippen molar-refractivity contribution in [1.82, 2.24) is 5.32 Å². The first-order valence-electron chi connectivity index (χ1n) is 5.82. The van der Waals surface area contributed by atoms with E-state index in [0.717, 1.165) is 24.1 Å². The molecule has 3 heteroatoms. The van der Waals surface area contributed by atoms with E-state index in [0.29, 0.717) is 0 Å². The molecule has 0 spiro atoms. The van der Waals surface area contributed by atoms with Gasteiger partial charge < -0.3 is 10.2 Å². The molecular formula is C13H19BrN2. The summed E-state index contributed by atoms with van der Waals surface area (Å²) in [4.78, 5) is 2.45. The minimum absolute atomic E-state index is 0.268. The summed E-state index contributed by atoms with van der Waals surface area (Å²) < 4.78 is 1.14. The summed E-state index contributed by atoms with van der Waals surface area (Å²) in [5.41, 5.74) is 1.59. The number of hydrogen-bond donors (Lipinski definition) is 1. The molecule has 0 saturated carbocycles. The third-order valence-electron chi connectivity index (χ3n) is 3.18. The number of halogens is 1. The average Bonchev–Trinajstić information content (AvgIpc) is 2.41. The van der Waals surface area contributed by atoms with Crippen molar-refractivity contribution in [2.45, 2.75) is 25.8 Å². The van der Waals surface area contributed by atoms with Gasteiger partial charge >= 0.3 is 0 Å². The average molecular weight is 283 g/mol. The normalized spacial score (nSPS) is 20.6. The Labute approximate surface area is 106 Å². The van der Waals surface area contributed by atoms with Crippen LogP contribution in [0.5, 0.6) is 0 Å². The summed E-state index contributed by atoms with van der Waals surface area (Å²) in [5, 5.41) is 3.58. The Kier molecular flexibility index (Phi) is 3.55. The SMILES string of the molecule is CC1(C)CCN(c2ccc(Br)cc2)CCN1. The van der Waals surface area contributed by atoms with Gasteiger partial charge in [-0.25, -0.2) is 0 Å². The van der Waals surface area contributed by atoms with E-state index >= 15 is 0 Å². The van der Waals surface area contributed by atoms with E-state index in [1.54, 1.807) is 0 Å². The molecule has 2 rings (SSSR count). The maximum atomic E-state index is 3.58. The second kappa shape index (κ2) is 4.76. The second-order valence-corrected chi connectivity index (χ2v) is 5.94. The number of anilines is 1. The summed E-state index contributed by atoms with van der Waals surface area (Å²) >= 11 is 3.47. The summed E-state index contributed by atoms with van der Waals surface area (Å²) in [5.74, 6) is 0. The molecule has 1 aromatic carbocycles. The number of hydrogen-bond acceptors (Lipinski definition) is 2. The minimum Gasteiger partial charge on any atom is -0.370 e. The van der Waals surface area contributed by atoms with E-state index < -0.39 is 0 Å². The largest absolute Gasteiger partial charge is 0.370 e. The highest BCUT2D eigenvalue weighted by Crippen LogP contribution is 2.21. The van der Waals surface area contributed by atoms with Crippen LogP contribution in [0.15, 0.2) is 28.7 Å². The molecule has 1 fully saturated rings. The molecule has 2 nitrogen and oxygen atoms in total. The van der Waals surface area contributed by atoms with Gasteiger partial charge in [0.15, 0.2) is 0 Å². The first-order valence-corrected chi connectivity index (χ1v) is 6.62. The van der Waals surface area contributed by atoms with Crippen LogP contribution >= 0.6 is 15.9 Å². The van der Waals surface area contributed by atoms with Crippen molar-refractivity contribution in [3.8, 4) is 0 Å². The highest BCUT2D eigenvalue weighted by molar-refractivity contribution is 9.10. The van der Waals surface area contributed by atoms with Crippen molar-refractivity contribution in [3.05, 3.63) is 28.7 Å². The fourth-order valence-corrected chi connectivity index (χ4v) is 2.32. The predicted molar refractivity (Wildman–Crippen MR) is 73.1 cm³/mol. The molecule has 1 aromatic rings. The first-order chi connectivity index (χ1) is 7.57. The Morgan fingerprint density at radius 2 is 1.88 bits per heavy atom. The predicted octanol–water partition coefficient (Wildman–Crippen LogP) is 3.03. The van der Waals surface area contributed by atoms with Crippen molar-refractivity contribution in [1.29, 1.82) is 0 Å². The Bertz CT molecular complexity index is 345. The van der Waals surface area contributed by atoms with Crippen LogP contribution in [0.1, 0.15) is 20.3 Å². The lowest BCUT2D eigenvalue weighted by Gasteiger charge is -2.24. The van der Waals surface area contributed by atoms with E-state index in [-0.39, 0.29) is 5.54 Å². The zero-order valence-corrected chi connectivity index (χ0v) is 11.5. The number of rotatable bonds is 1. The molecule has 0 bridgehead atoms. The molecule has 1 aliphatic rings. The standard InChI is InChI=1S/C13H19BrN2/c1-13(2)7-9-16(10-8-15-13)12-5-3-11(14)4-6-12/h3-6,15H,7-10H2,1-2H3. The Hall–Kier alpha value is -0.540. The van der Waals surface area contributed by atoms with Gasteiger partial charge in [0.25, 0.3) is 0 Å². The van der Waals surface area contributed by atoms with E-state index in [9.17, 15) is 0 Å². The molecule has 1 aliphatic heterocycles. The maximum absolute atomic E-state index is 3.58. The van der Waals surface area contributed by atoms with Crippen LogP contribution in [-0.4, -0.2) is 25.2 Å². The molecular weight excluding hydrogens is 264 g/mol. The number of nitrogens with one attached hydrogen (secondary N) is 1. The Morgan fingerprint density at radius 1 is 1.19 bits per heavy atom. The minimum atomic E-state index is 0.268. The van der Waals surface area contributed by atoms with Crippen LogP contribution in [0.3, 0.4) is 0 Å². The van der Waals surface area contributed by atoms with Crippen molar-refractivity contribution in [2.24, 2.45) is 0 Å². The van der Waals surface area contributed by atoms with Gasteiger partial charge in [-0.3, -0.25) is 0 Å². The lowest BCUT2D eigenvalue weighted by molar-refractivity contribution is 0.394. The smallest absolute Gasteiger partial charge is 0.0367 e. The van der Waals surface area contributed by atoms with Crippen LogP contribution in [-0.2, 0) is 0 Å². The topological polar surface area (TPSA) is 15.3 Å². The molecule has 0 amide bonds. The molecule has 1 N–H and O–H groups in total. The van der Waals surface area contributed by atoms with Crippen molar-refractivity contribution in [2.75, 3.05) is 24.5 Å². The molecule has 1 heterocycles. The molecule has 88 valence electrons. The van der Waals surface area contributed by atoms with Crippen LogP contribution < -0.4 is 10.2 Å². The monoisotopic (exact) mass is 282 g/mol.